The van der Waals surface area contributed by atoms with E-state index in [9.17, 15) is 0 Å². The molecule has 0 amide bonds. The van der Waals surface area contributed by atoms with Gasteiger partial charge in [0.25, 0.3) is 0 Å². The Morgan fingerprint density at radius 3 is 2.57 bits per heavy atom. The van der Waals surface area contributed by atoms with Gasteiger partial charge in [-0.25, -0.2) is 0 Å². The largest absolute Gasteiger partial charge is 0.385 e. The Balaban J connectivity index is 0.00000106. The van der Waals surface area contributed by atoms with Gasteiger partial charge in [-0.3, -0.25) is 0 Å². The summed E-state index contributed by atoms with van der Waals surface area (Å²) in [5.74, 6) is 0.392. The highest BCUT2D eigenvalue weighted by Gasteiger charge is 2.02. The summed E-state index contributed by atoms with van der Waals surface area (Å²) in [7, 11) is 0. The molecule has 4 N–H and O–H groups in total. The summed E-state index contributed by atoms with van der Waals surface area (Å²) in [5.41, 5.74) is 7.80. The fourth-order valence-electron chi connectivity index (χ4n) is 1.75. The first-order valence-corrected chi connectivity index (χ1v) is 7.62. The SMILES string of the molecule is CC.N/C(=C\Cl)NCC(=S)Nc1cccc2ccccc12. The van der Waals surface area contributed by atoms with E-state index in [-0.39, 0.29) is 0 Å². The number of fused-ring (bicyclic) bond motifs is 1. The minimum atomic E-state index is 0.392. The number of anilines is 1. The summed E-state index contributed by atoms with van der Waals surface area (Å²) in [5, 5.41) is 8.41. The molecule has 0 aromatic heterocycles. The van der Waals surface area contributed by atoms with E-state index < -0.39 is 0 Å². The number of rotatable bonds is 4. The van der Waals surface area contributed by atoms with Crippen LogP contribution >= 0.6 is 23.8 Å². The molecule has 3 nitrogen and oxygen atoms in total. The lowest BCUT2D eigenvalue weighted by atomic mass is 10.1. The summed E-state index contributed by atoms with van der Waals surface area (Å²) in [6, 6.07) is 14.2. The lowest BCUT2D eigenvalue weighted by Crippen LogP contribution is -2.29. The normalized spacial score (nSPS) is 10.5. The van der Waals surface area contributed by atoms with Crippen molar-refractivity contribution in [3.8, 4) is 0 Å². The molecular formula is C16H20ClN3S. The summed E-state index contributed by atoms with van der Waals surface area (Å²) >= 11 is 10.7. The van der Waals surface area contributed by atoms with Crippen molar-refractivity contribution in [3.05, 3.63) is 53.8 Å². The first kappa shape index (κ1) is 17.3. The molecule has 112 valence electrons. The van der Waals surface area contributed by atoms with Crippen LogP contribution in [0.15, 0.2) is 53.8 Å². The molecule has 5 heteroatoms. The van der Waals surface area contributed by atoms with E-state index in [2.05, 4.69) is 28.8 Å². The average Bonchev–Trinajstić information content (AvgIpc) is 2.55. The number of hydrogen-bond donors (Lipinski definition) is 3. The van der Waals surface area contributed by atoms with Gasteiger partial charge in [-0.15, -0.1) is 0 Å². The zero-order valence-electron chi connectivity index (χ0n) is 12.2. The van der Waals surface area contributed by atoms with Crippen LogP contribution in [-0.4, -0.2) is 11.5 Å². The monoisotopic (exact) mass is 321 g/mol. The smallest absolute Gasteiger partial charge is 0.108 e. The molecule has 21 heavy (non-hydrogen) atoms. The van der Waals surface area contributed by atoms with E-state index in [1.165, 1.54) is 10.9 Å². The predicted octanol–water partition coefficient (Wildman–Crippen LogP) is 4.19. The highest BCUT2D eigenvalue weighted by molar-refractivity contribution is 7.80. The highest BCUT2D eigenvalue weighted by Crippen LogP contribution is 2.22. The molecule has 0 saturated carbocycles. The van der Waals surface area contributed by atoms with Crippen molar-refractivity contribution in [2.75, 3.05) is 11.9 Å². The van der Waals surface area contributed by atoms with Gasteiger partial charge >= 0.3 is 0 Å². The van der Waals surface area contributed by atoms with Crippen molar-refractivity contribution < 1.29 is 0 Å². The maximum absolute atomic E-state index is 5.54. The van der Waals surface area contributed by atoms with Crippen molar-refractivity contribution in [3.63, 3.8) is 0 Å². The Morgan fingerprint density at radius 1 is 1.19 bits per heavy atom. The second kappa shape index (κ2) is 9.21. The van der Waals surface area contributed by atoms with Crippen molar-refractivity contribution in [2.45, 2.75) is 13.8 Å². The Labute approximate surface area is 136 Å². The fraction of sp³-hybridized carbons (Fsp3) is 0.188. The molecule has 0 saturated heterocycles. The molecule has 0 aliphatic carbocycles. The molecule has 0 spiro atoms. The number of benzene rings is 2. The number of thiocarbonyl (C=S) groups is 1. The molecule has 0 atom stereocenters. The molecule has 0 fully saturated rings. The van der Waals surface area contributed by atoms with E-state index in [4.69, 9.17) is 29.6 Å². The highest BCUT2D eigenvalue weighted by atomic mass is 35.5. The van der Waals surface area contributed by atoms with E-state index in [1.807, 2.05) is 38.1 Å². The second-order valence-corrected chi connectivity index (χ2v) is 4.70. The number of hydrogen-bond acceptors (Lipinski definition) is 3. The maximum atomic E-state index is 5.54. The first-order chi connectivity index (χ1) is 10.2. The molecule has 2 rings (SSSR count). The number of nitrogens with one attached hydrogen (secondary N) is 2. The van der Waals surface area contributed by atoms with Crippen LogP contribution in [0.4, 0.5) is 5.69 Å². The van der Waals surface area contributed by atoms with Gasteiger partial charge in [0.05, 0.1) is 11.5 Å². The van der Waals surface area contributed by atoms with Gasteiger partial charge in [-0.1, -0.05) is 74.1 Å². The van der Waals surface area contributed by atoms with Crippen molar-refractivity contribution in [1.82, 2.24) is 5.32 Å². The minimum Gasteiger partial charge on any atom is -0.385 e. The van der Waals surface area contributed by atoms with Crippen LogP contribution in [0.1, 0.15) is 13.8 Å². The molecule has 0 bridgehead atoms. The minimum absolute atomic E-state index is 0.392. The van der Waals surface area contributed by atoms with Crippen LogP contribution in [0.3, 0.4) is 0 Å². The van der Waals surface area contributed by atoms with Crippen LogP contribution in [-0.2, 0) is 0 Å². The first-order valence-electron chi connectivity index (χ1n) is 6.78. The third-order valence-corrected chi connectivity index (χ3v) is 3.12. The van der Waals surface area contributed by atoms with E-state index in [0.717, 1.165) is 11.1 Å². The molecule has 0 radical (unpaired) electrons. The second-order valence-electron chi connectivity index (χ2n) is 3.99. The van der Waals surface area contributed by atoms with Crippen molar-refractivity contribution in [2.24, 2.45) is 5.73 Å². The summed E-state index contributed by atoms with van der Waals surface area (Å²) in [6.07, 6.45) is 0. The Morgan fingerprint density at radius 2 is 1.86 bits per heavy atom. The Bertz CT molecular complexity index is 620. The van der Waals surface area contributed by atoms with Gasteiger partial charge in [0.2, 0.25) is 0 Å². The van der Waals surface area contributed by atoms with E-state index in [0.29, 0.717) is 17.4 Å². The standard InChI is InChI=1S/C14H14ClN3S.C2H6/c15-8-13(16)17-9-14(19)18-12-7-3-5-10-4-1-2-6-11(10)12;1-2/h1-8,17H,9,16H2,(H,18,19);1-2H3/b13-8+;. The quantitative estimate of drug-likeness (QED) is 0.739. The van der Waals surface area contributed by atoms with Crippen LogP contribution < -0.4 is 16.4 Å². The van der Waals surface area contributed by atoms with Crippen LogP contribution in [0.25, 0.3) is 10.8 Å². The zero-order chi connectivity index (χ0) is 15.7. The fourth-order valence-corrected chi connectivity index (χ4v) is 2.01. The van der Waals surface area contributed by atoms with E-state index in [1.54, 1.807) is 0 Å². The van der Waals surface area contributed by atoms with Gasteiger partial charge in [0.1, 0.15) is 5.82 Å². The topological polar surface area (TPSA) is 50.1 Å². The lowest BCUT2D eigenvalue weighted by molar-refractivity contribution is 0.918. The van der Waals surface area contributed by atoms with Gasteiger partial charge in [0.15, 0.2) is 0 Å². The molecule has 0 aliphatic rings. The van der Waals surface area contributed by atoms with Gasteiger partial charge in [-0.05, 0) is 11.5 Å². The Hall–Kier alpha value is -1.78. The average molecular weight is 322 g/mol. The summed E-state index contributed by atoms with van der Waals surface area (Å²) < 4.78 is 0. The van der Waals surface area contributed by atoms with Crippen LogP contribution in [0.5, 0.6) is 0 Å². The number of halogens is 1. The number of nitrogens with two attached hydrogens (primary N) is 1. The lowest BCUT2D eigenvalue weighted by Gasteiger charge is -2.12. The molecule has 0 unspecified atom stereocenters. The van der Waals surface area contributed by atoms with E-state index >= 15 is 0 Å². The predicted molar refractivity (Wildman–Crippen MR) is 97.6 cm³/mol. The summed E-state index contributed by atoms with van der Waals surface area (Å²) in [6.45, 7) is 4.44. The van der Waals surface area contributed by atoms with Crippen LogP contribution in [0.2, 0.25) is 0 Å². The maximum Gasteiger partial charge on any atom is 0.108 e. The Kier molecular flexibility index (Phi) is 7.58. The van der Waals surface area contributed by atoms with Gasteiger partial charge in [-0.2, -0.15) is 0 Å². The van der Waals surface area contributed by atoms with Crippen molar-refractivity contribution >= 4 is 45.3 Å². The van der Waals surface area contributed by atoms with Crippen LogP contribution in [0, 0.1) is 0 Å². The third-order valence-electron chi connectivity index (χ3n) is 2.63. The van der Waals surface area contributed by atoms with Gasteiger partial charge in [0, 0.05) is 16.6 Å². The molecule has 2 aromatic carbocycles. The molecule has 0 aliphatic heterocycles. The summed E-state index contributed by atoms with van der Waals surface area (Å²) in [4.78, 5) is 0.651. The van der Waals surface area contributed by atoms with Gasteiger partial charge < -0.3 is 16.4 Å². The molecule has 2 aromatic rings. The molecular weight excluding hydrogens is 302 g/mol. The third kappa shape index (κ3) is 5.25. The van der Waals surface area contributed by atoms with Crippen molar-refractivity contribution in [1.29, 1.82) is 0 Å². The molecule has 0 heterocycles. The zero-order valence-corrected chi connectivity index (χ0v) is 13.8.